The van der Waals surface area contributed by atoms with Gasteiger partial charge in [0.15, 0.2) is 0 Å². The summed E-state index contributed by atoms with van der Waals surface area (Å²) in [5.41, 5.74) is -1.04. The number of aromatic nitrogens is 1. The molecule has 3 aromatic rings. The number of rotatable bonds is 8. The van der Waals surface area contributed by atoms with Gasteiger partial charge in [-0.05, 0) is 48.0 Å². The number of para-hydroxylation sites is 1. The van der Waals surface area contributed by atoms with Crippen LogP contribution in [0.25, 0.3) is 6.08 Å². The molecule has 0 bridgehead atoms. The van der Waals surface area contributed by atoms with E-state index in [0.29, 0.717) is 5.69 Å². The molecule has 1 aromatic heterocycles. The number of anilines is 3. The van der Waals surface area contributed by atoms with Crippen molar-refractivity contribution >= 4 is 39.2 Å². The monoisotopic (exact) mass is 533 g/mol. The standard InChI is InChI=1S/C24H19F4N5O3S/c1-37(35,36)33-22-17(13-29)11-15(12-19(22)25)14-30-21(34)10-8-16-7-9-20(24(26,27)28)32-23(16)31-18-5-3-2-4-6-18/h2-12,33H,14H2,1H3,(H,30,34)(H,31,32)/b10-8-. The lowest BCUT2D eigenvalue weighted by Gasteiger charge is -2.12. The van der Waals surface area contributed by atoms with E-state index in [1.807, 2.05) is 4.72 Å². The van der Waals surface area contributed by atoms with Crippen molar-refractivity contribution in [2.75, 3.05) is 16.3 Å². The molecule has 8 nitrogen and oxygen atoms in total. The second-order valence-corrected chi connectivity index (χ2v) is 9.41. The molecule has 3 N–H and O–H groups in total. The summed E-state index contributed by atoms with van der Waals surface area (Å²) in [5.74, 6) is -1.79. The van der Waals surface area contributed by atoms with E-state index in [1.54, 1.807) is 36.4 Å². The topological polar surface area (TPSA) is 124 Å². The van der Waals surface area contributed by atoms with Crippen molar-refractivity contribution < 1.29 is 30.8 Å². The first-order valence-corrected chi connectivity index (χ1v) is 12.3. The second-order valence-electron chi connectivity index (χ2n) is 7.66. The van der Waals surface area contributed by atoms with Gasteiger partial charge in [0.2, 0.25) is 15.9 Å². The summed E-state index contributed by atoms with van der Waals surface area (Å²) >= 11 is 0. The minimum atomic E-state index is -4.67. The number of alkyl halides is 3. The lowest BCUT2D eigenvalue weighted by Crippen LogP contribution is -2.21. The van der Waals surface area contributed by atoms with Crippen molar-refractivity contribution in [2.45, 2.75) is 12.7 Å². The number of hydrogen-bond donors (Lipinski definition) is 3. The molecule has 1 heterocycles. The van der Waals surface area contributed by atoms with Crippen LogP contribution in [-0.2, 0) is 27.5 Å². The average Bonchev–Trinajstić information content (AvgIpc) is 2.82. The summed E-state index contributed by atoms with van der Waals surface area (Å²) in [6.45, 7) is -0.214. The predicted molar refractivity (Wildman–Crippen MR) is 129 cm³/mol. The Hall–Kier alpha value is -4.44. The van der Waals surface area contributed by atoms with Gasteiger partial charge >= 0.3 is 6.18 Å². The van der Waals surface area contributed by atoms with Gasteiger partial charge in [-0.15, -0.1) is 0 Å². The average molecular weight is 534 g/mol. The minimum absolute atomic E-state index is 0.125. The van der Waals surface area contributed by atoms with Crippen molar-refractivity contribution in [3.63, 3.8) is 0 Å². The number of hydrogen-bond acceptors (Lipinski definition) is 6. The Labute approximate surface area is 209 Å². The van der Waals surface area contributed by atoms with Gasteiger partial charge in [0.1, 0.15) is 29.1 Å². The molecule has 0 saturated heterocycles. The van der Waals surface area contributed by atoms with Crippen LogP contribution in [0.2, 0.25) is 0 Å². The number of benzene rings is 2. The number of sulfonamides is 1. The third-order valence-corrected chi connectivity index (χ3v) is 5.27. The largest absolute Gasteiger partial charge is 0.433 e. The van der Waals surface area contributed by atoms with Crippen LogP contribution in [0.4, 0.5) is 34.8 Å². The molecule has 0 aliphatic heterocycles. The van der Waals surface area contributed by atoms with Crippen molar-refractivity contribution in [1.82, 2.24) is 10.3 Å². The number of amides is 1. The number of nitriles is 1. The van der Waals surface area contributed by atoms with Gasteiger partial charge in [-0.1, -0.05) is 18.2 Å². The zero-order valence-electron chi connectivity index (χ0n) is 19.1. The van der Waals surface area contributed by atoms with Gasteiger partial charge in [-0.2, -0.15) is 18.4 Å². The van der Waals surface area contributed by atoms with Crippen LogP contribution in [0.3, 0.4) is 0 Å². The van der Waals surface area contributed by atoms with Crippen LogP contribution < -0.4 is 15.4 Å². The van der Waals surface area contributed by atoms with Crippen molar-refractivity contribution in [3.05, 3.63) is 88.9 Å². The van der Waals surface area contributed by atoms with Crippen LogP contribution in [0, 0.1) is 17.1 Å². The molecular formula is C24H19F4N5O3S. The van der Waals surface area contributed by atoms with Gasteiger partial charge < -0.3 is 10.6 Å². The number of halogens is 4. The summed E-state index contributed by atoms with van der Waals surface area (Å²) in [6.07, 6.45) is -1.55. The normalized spacial score (nSPS) is 11.7. The van der Waals surface area contributed by atoms with E-state index in [0.717, 1.165) is 30.5 Å². The Morgan fingerprint density at radius 3 is 2.46 bits per heavy atom. The Bertz CT molecular complexity index is 1480. The zero-order valence-corrected chi connectivity index (χ0v) is 19.9. The fourth-order valence-corrected chi connectivity index (χ4v) is 3.65. The first-order valence-electron chi connectivity index (χ1n) is 10.4. The lowest BCUT2D eigenvalue weighted by atomic mass is 10.1. The summed E-state index contributed by atoms with van der Waals surface area (Å²) in [4.78, 5) is 15.9. The van der Waals surface area contributed by atoms with Crippen molar-refractivity contribution in [3.8, 4) is 6.07 Å². The summed E-state index contributed by atoms with van der Waals surface area (Å²) in [7, 11) is -3.83. The third kappa shape index (κ3) is 7.77. The molecule has 0 aliphatic carbocycles. The Morgan fingerprint density at radius 2 is 1.84 bits per heavy atom. The molecule has 0 fully saturated rings. The van der Waals surface area contributed by atoms with E-state index in [9.17, 15) is 36.0 Å². The zero-order chi connectivity index (χ0) is 27.2. The molecule has 2 aromatic carbocycles. The first-order chi connectivity index (χ1) is 17.4. The summed E-state index contributed by atoms with van der Waals surface area (Å²) in [6, 6.07) is 14.2. The van der Waals surface area contributed by atoms with Gasteiger partial charge in [0.05, 0.1) is 11.8 Å². The molecule has 0 saturated carbocycles. The Morgan fingerprint density at radius 1 is 1.14 bits per heavy atom. The van der Waals surface area contributed by atoms with E-state index in [2.05, 4.69) is 15.6 Å². The van der Waals surface area contributed by atoms with Gasteiger partial charge in [-0.25, -0.2) is 17.8 Å². The van der Waals surface area contributed by atoms with E-state index < -0.39 is 39.3 Å². The molecular weight excluding hydrogens is 514 g/mol. The number of carbonyl (C=O) groups is 1. The molecule has 3 rings (SSSR count). The highest BCUT2D eigenvalue weighted by Crippen LogP contribution is 2.31. The number of carbonyl (C=O) groups excluding carboxylic acids is 1. The molecule has 0 spiro atoms. The maximum atomic E-state index is 14.4. The molecule has 192 valence electrons. The SMILES string of the molecule is CS(=O)(=O)Nc1c(F)cc(CNC(=O)/C=C\c2ccc(C(F)(F)F)nc2Nc2ccccc2)cc1C#N. The molecule has 0 unspecified atom stereocenters. The second kappa shape index (κ2) is 11.1. The maximum absolute atomic E-state index is 14.4. The highest BCUT2D eigenvalue weighted by Gasteiger charge is 2.33. The van der Waals surface area contributed by atoms with Crippen LogP contribution in [0.1, 0.15) is 22.4 Å². The van der Waals surface area contributed by atoms with E-state index in [-0.39, 0.29) is 29.1 Å². The molecule has 1 amide bonds. The van der Waals surface area contributed by atoms with Crippen LogP contribution in [0.5, 0.6) is 0 Å². The van der Waals surface area contributed by atoms with Crippen LogP contribution in [0.15, 0.2) is 60.7 Å². The Kier molecular flexibility index (Phi) is 8.14. The molecule has 0 radical (unpaired) electrons. The maximum Gasteiger partial charge on any atom is 0.433 e. The first kappa shape index (κ1) is 27.2. The third-order valence-electron chi connectivity index (χ3n) is 4.69. The predicted octanol–water partition coefficient (Wildman–Crippen LogP) is 4.56. The van der Waals surface area contributed by atoms with E-state index >= 15 is 0 Å². The van der Waals surface area contributed by atoms with Crippen molar-refractivity contribution in [1.29, 1.82) is 5.26 Å². The summed E-state index contributed by atoms with van der Waals surface area (Å²) < 4.78 is 78.5. The van der Waals surface area contributed by atoms with Crippen molar-refractivity contribution in [2.24, 2.45) is 0 Å². The Balaban J connectivity index is 1.77. The van der Waals surface area contributed by atoms with Gasteiger partial charge in [-0.3, -0.25) is 9.52 Å². The molecule has 0 aliphatic rings. The fourth-order valence-electron chi connectivity index (χ4n) is 3.08. The number of pyridine rings is 1. The van der Waals surface area contributed by atoms with Crippen LogP contribution in [-0.4, -0.2) is 25.6 Å². The highest BCUT2D eigenvalue weighted by atomic mass is 32.2. The van der Waals surface area contributed by atoms with E-state index in [4.69, 9.17) is 0 Å². The van der Waals surface area contributed by atoms with Gasteiger partial charge in [0.25, 0.3) is 0 Å². The summed E-state index contributed by atoms with van der Waals surface area (Å²) in [5, 5.41) is 14.5. The minimum Gasteiger partial charge on any atom is -0.348 e. The molecule has 0 atom stereocenters. The molecule has 13 heteroatoms. The molecule has 37 heavy (non-hydrogen) atoms. The quantitative estimate of drug-likeness (QED) is 0.288. The van der Waals surface area contributed by atoms with Crippen LogP contribution >= 0.6 is 0 Å². The lowest BCUT2D eigenvalue weighted by molar-refractivity contribution is -0.141. The number of nitrogens with one attached hydrogen (secondary N) is 3. The highest BCUT2D eigenvalue weighted by molar-refractivity contribution is 7.92. The van der Waals surface area contributed by atoms with E-state index in [1.165, 1.54) is 12.1 Å². The number of nitrogens with zero attached hydrogens (tertiary/aromatic N) is 2. The fraction of sp³-hybridized carbons (Fsp3) is 0.125. The van der Waals surface area contributed by atoms with Gasteiger partial charge in [0, 0.05) is 23.9 Å². The smallest absolute Gasteiger partial charge is 0.348 e.